The first-order chi connectivity index (χ1) is 5.59. The molecule has 12 heavy (non-hydrogen) atoms. The minimum Gasteiger partial charge on any atom is -0.326 e. The van der Waals surface area contributed by atoms with E-state index in [0.717, 1.165) is 5.56 Å². The van der Waals surface area contributed by atoms with Gasteiger partial charge >= 0.3 is 0 Å². The van der Waals surface area contributed by atoms with Gasteiger partial charge < -0.3 is 5.73 Å². The number of rotatable bonds is 2. The van der Waals surface area contributed by atoms with Gasteiger partial charge in [-0.1, -0.05) is 0 Å². The van der Waals surface area contributed by atoms with E-state index >= 15 is 0 Å². The molecule has 0 fully saturated rings. The second-order valence-corrected chi connectivity index (χ2v) is 3.03. The van der Waals surface area contributed by atoms with Gasteiger partial charge in [-0.3, -0.25) is 4.79 Å². The Bertz CT molecular complexity index is 316. The minimum absolute atomic E-state index is 0.0436. The molecule has 0 spiro atoms. The predicted molar refractivity (Wildman–Crippen MR) is 46.9 cm³/mol. The highest BCUT2D eigenvalue weighted by atomic mass is 16.1. The third-order valence-electron chi connectivity index (χ3n) is 1.47. The summed E-state index contributed by atoms with van der Waals surface area (Å²) in [5, 5.41) is 3.94. The lowest BCUT2D eigenvalue weighted by atomic mass is 10.3. The zero-order chi connectivity index (χ0) is 9.14. The third kappa shape index (κ3) is 2.17. The first kappa shape index (κ1) is 8.93. The fraction of sp³-hybridized carbons (Fsp3) is 0.500. The number of aryl methyl sites for hydroxylation is 1. The molecule has 1 aromatic rings. The summed E-state index contributed by atoms with van der Waals surface area (Å²) >= 11 is 0. The molecular formula is C8H13N3O. The molecule has 1 aromatic heterocycles. The first-order valence-electron chi connectivity index (χ1n) is 3.89. The maximum absolute atomic E-state index is 11.2. The normalized spacial score (nSPS) is 12.9. The van der Waals surface area contributed by atoms with Crippen LogP contribution in [0.25, 0.3) is 0 Å². The van der Waals surface area contributed by atoms with Crippen LogP contribution in [-0.2, 0) is 6.54 Å². The molecule has 0 unspecified atom stereocenters. The molecule has 66 valence electrons. The SMILES string of the molecule is Cc1cnn(C[C@@H](C)N)c(=O)c1. The van der Waals surface area contributed by atoms with Gasteiger partial charge in [0.15, 0.2) is 0 Å². The van der Waals surface area contributed by atoms with E-state index in [2.05, 4.69) is 5.10 Å². The van der Waals surface area contributed by atoms with E-state index in [-0.39, 0.29) is 11.6 Å². The van der Waals surface area contributed by atoms with Crippen LogP contribution < -0.4 is 11.3 Å². The van der Waals surface area contributed by atoms with E-state index in [1.807, 2.05) is 13.8 Å². The van der Waals surface area contributed by atoms with Gasteiger partial charge in [0, 0.05) is 12.1 Å². The average molecular weight is 167 g/mol. The van der Waals surface area contributed by atoms with Crippen LogP contribution in [0, 0.1) is 6.92 Å². The highest BCUT2D eigenvalue weighted by Gasteiger charge is 1.99. The Hall–Kier alpha value is -1.16. The van der Waals surface area contributed by atoms with Gasteiger partial charge in [-0.05, 0) is 19.4 Å². The van der Waals surface area contributed by atoms with E-state index < -0.39 is 0 Å². The Morgan fingerprint density at radius 2 is 2.42 bits per heavy atom. The van der Waals surface area contributed by atoms with Crippen molar-refractivity contribution in [3.63, 3.8) is 0 Å². The third-order valence-corrected chi connectivity index (χ3v) is 1.47. The zero-order valence-corrected chi connectivity index (χ0v) is 7.32. The fourth-order valence-corrected chi connectivity index (χ4v) is 0.934. The smallest absolute Gasteiger partial charge is 0.267 e. The summed E-state index contributed by atoms with van der Waals surface area (Å²) in [7, 11) is 0. The molecule has 4 nitrogen and oxygen atoms in total. The molecule has 0 aliphatic heterocycles. The highest BCUT2D eigenvalue weighted by molar-refractivity contribution is 5.02. The second kappa shape index (κ2) is 3.49. The summed E-state index contributed by atoms with van der Waals surface area (Å²) in [6.45, 7) is 4.15. The van der Waals surface area contributed by atoms with Crippen LogP contribution in [0.5, 0.6) is 0 Å². The van der Waals surface area contributed by atoms with E-state index in [1.54, 1.807) is 12.3 Å². The van der Waals surface area contributed by atoms with E-state index in [4.69, 9.17) is 5.73 Å². The maximum Gasteiger partial charge on any atom is 0.267 e. The van der Waals surface area contributed by atoms with Crippen LogP contribution in [0.3, 0.4) is 0 Å². The molecular weight excluding hydrogens is 154 g/mol. The first-order valence-corrected chi connectivity index (χ1v) is 3.89. The topological polar surface area (TPSA) is 60.9 Å². The number of nitrogens with zero attached hydrogens (tertiary/aromatic N) is 2. The summed E-state index contributed by atoms with van der Waals surface area (Å²) < 4.78 is 1.37. The number of hydrogen-bond acceptors (Lipinski definition) is 3. The van der Waals surface area contributed by atoms with Gasteiger partial charge in [0.25, 0.3) is 5.56 Å². The Balaban J connectivity index is 2.94. The molecule has 1 heterocycles. The van der Waals surface area contributed by atoms with Gasteiger partial charge in [-0.15, -0.1) is 0 Å². The van der Waals surface area contributed by atoms with Gasteiger partial charge in [-0.2, -0.15) is 5.10 Å². The summed E-state index contributed by atoms with van der Waals surface area (Å²) in [5.74, 6) is 0. The molecule has 0 aliphatic rings. The highest BCUT2D eigenvalue weighted by Crippen LogP contribution is 1.87. The Kier molecular flexibility index (Phi) is 2.60. The monoisotopic (exact) mass is 167 g/mol. The summed E-state index contributed by atoms with van der Waals surface area (Å²) in [5.41, 5.74) is 6.32. The van der Waals surface area contributed by atoms with Gasteiger partial charge in [0.05, 0.1) is 12.7 Å². The van der Waals surface area contributed by atoms with Crippen LogP contribution in [0.4, 0.5) is 0 Å². The minimum atomic E-state index is -0.0905. The molecule has 4 heteroatoms. The molecule has 1 rings (SSSR count). The number of aromatic nitrogens is 2. The second-order valence-electron chi connectivity index (χ2n) is 3.03. The Morgan fingerprint density at radius 1 is 1.75 bits per heavy atom. The zero-order valence-electron chi connectivity index (χ0n) is 7.32. The van der Waals surface area contributed by atoms with Crippen LogP contribution >= 0.6 is 0 Å². The van der Waals surface area contributed by atoms with Crippen LogP contribution in [0.1, 0.15) is 12.5 Å². The lowest BCUT2D eigenvalue weighted by molar-refractivity contribution is 0.512. The molecule has 0 aromatic carbocycles. The number of nitrogens with two attached hydrogens (primary N) is 1. The van der Waals surface area contributed by atoms with Crippen LogP contribution in [0.15, 0.2) is 17.1 Å². The van der Waals surface area contributed by atoms with E-state index in [0.29, 0.717) is 6.54 Å². The predicted octanol–water partition coefficient (Wildman–Crippen LogP) is -0.101. The molecule has 0 radical (unpaired) electrons. The van der Waals surface area contributed by atoms with E-state index in [9.17, 15) is 4.79 Å². The van der Waals surface area contributed by atoms with Crippen LogP contribution in [-0.4, -0.2) is 15.8 Å². The number of hydrogen-bond donors (Lipinski definition) is 1. The average Bonchev–Trinajstić information content (AvgIpc) is 1.94. The molecule has 1 atom stereocenters. The summed E-state index contributed by atoms with van der Waals surface area (Å²) in [6, 6.07) is 1.51. The molecule has 0 saturated heterocycles. The van der Waals surface area contributed by atoms with Crippen molar-refractivity contribution in [2.24, 2.45) is 5.73 Å². The van der Waals surface area contributed by atoms with Crippen molar-refractivity contribution in [1.29, 1.82) is 0 Å². The maximum atomic E-state index is 11.2. The molecule has 0 aliphatic carbocycles. The molecule has 2 N–H and O–H groups in total. The largest absolute Gasteiger partial charge is 0.326 e. The molecule has 0 amide bonds. The van der Waals surface area contributed by atoms with Crippen molar-refractivity contribution < 1.29 is 0 Å². The van der Waals surface area contributed by atoms with E-state index in [1.165, 1.54) is 4.68 Å². The van der Waals surface area contributed by atoms with Gasteiger partial charge in [-0.25, -0.2) is 4.68 Å². The van der Waals surface area contributed by atoms with Gasteiger partial charge in [0.1, 0.15) is 0 Å². The lowest BCUT2D eigenvalue weighted by Gasteiger charge is -2.06. The van der Waals surface area contributed by atoms with Crippen molar-refractivity contribution in [3.05, 3.63) is 28.2 Å². The van der Waals surface area contributed by atoms with Crippen molar-refractivity contribution in [2.75, 3.05) is 0 Å². The molecule has 0 bridgehead atoms. The van der Waals surface area contributed by atoms with Gasteiger partial charge in [0.2, 0.25) is 0 Å². The van der Waals surface area contributed by atoms with Crippen molar-refractivity contribution in [2.45, 2.75) is 26.4 Å². The van der Waals surface area contributed by atoms with Crippen molar-refractivity contribution >= 4 is 0 Å². The van der Waals surface area contributed by atoms with Crippen molar-refractivity contribution in [1.82, 2.24) is 9.78 Å². The van der Waals surface area contributed by atoms with Crippen LogP contribution in [0.2, 0.25) is 0 Å². The summed E-state index contributed by atoms with van der Waals surface area (Å²) in [4.78, 5) is 11.2. The van der Waals surface area contributed by atoms with Crippen molar-refractivity contribution in [3.8, 4) is 0 Å². The Labute approximate surface area is 71.0 Å². The summed E-state index contributed by atoms with van der Waals surface area (Å²) in [6.07, 6.45) is 1.66. The molecule has 0 saturated carbocycles. The quantitative estimate of drug-likeness (QED) is 0.669. The fourth-order valence-electron chi connectivity index (χ4n) is 0.934. The standard InChI is InChI=1S/C8H13N3O/c1-6-3-8(12)11(10-4-6)5-7(2)9/h3-4,7H,5,9H2,1-2H3/t7-/m1/s1. The Morgan fingerprint density at radius 3 is 2.92 bits per heavy atom. The lowest BCUT2D eigenvalue weighted by Crippen LogP contribution is -2.31.